The Labute approximate surface area is 470 Å². The third-order valence-corrected chi connectivity index (χ3v) is 13.5. The summed E-state index contributed by atoms with van der Waals surface area (Å²) in [6.45, 7) is 19.3. The van der Waals surface area contributed by atoms with Crippen LogP contribution in [-0.2, 0) is 11.8 Å². The zero-order valence-corrected chi connectivity index (χ0v) is 46.4. The van der Waals surface area contributed by atoms with E-state index in [-0.39, 0.29) is 45.1 Å². The second kappa shape index (κ2) is 43.0. The van der Waals surface area contributed by atoms with Gasteiger partial charge in [0, 0.05) is 30.9 Å². The van der Waals surface area contributed by atoms with Crippen LogP contribution in [0.3, 0.4) is 0 Å². The Morgan fingerprint density at radius 3 is 1.54 bits per heavy atom. The minimum atomic E-state index is 0. The molecule has 1 aliphatic heterocycles. The Balaban J connectivity index is 0.000000942. The Morgan fingerprint density at radius 1 is 0.597 bits per heavy atom. The summed E-state index contributed by atoms with van der Waals surface area (Å²) in [4.78, 5) is 8.19. The molecule has 6 atom stereocenters. The first-order valence-electron chi connectivity index (χ1n) is 25.3. The van der Waals surface area contributed by atoms with E-state index in [1.807, 2.05) is 99.6 Å². The maximum absolute atomic E-state index is 5.09. The van der Waals surface area contributed by atoms with Gasteiger partial charge in [0.1, 0.15) is 0 Å². The molecule has 1 aliphatic carbocycles. The molecule has 0 bridgehead atoms. The van der Waals surface area contributed by atoms with Gasteiger partial charge in [-0.15, -0.1) is 30.7 Å². The molecule has 2 aliphatic rings. The molecular formula is C65H84Li2N3PS. The monoisotopic (exact) mass is 984 g/mol. The standard InChI is InChI=1S/C20H27N.C20H25.C14H14N2PS.C8H8.C2H6.CH4.2Li/c1-4-16(2)14-20(19-8-6-5-7-9-19)15-17(3)18-10-12-21-13-11-18;1-3-17(2)16-20(19-12-8-5-9-13-19)15-14-18-10-6-4-7-11-18;18-17-11-14(13-5-9-16-10-6-13)2-1-12-3-7-15-8-4-12;1-2-8-6-4-3-5-7-8;1-2;;;/h5-13,16-17,20H,4,14-15H2,1-3H3;4-14,17,20H,3,15-16H2,1-2H3;1,3-10,14H,2,11H2;2-7H,1H2;1-2H3;1H4;;/q;2*-1;;;;2*+1. The predicted molar refractivity (Wildman–Crippen MR) is 314 cm³/mol. The maximum Gasteiger partial charge on any atom is 1.00 e. The van der Waals surface area contributed by atoms with Crippen molar-refractivity contribution in [2.75, 3.05) is 6.16 Å². The number of allylic oxidation sites excluding steroid dienone is 10. The number of hydrogen-bond acceptors (Lipinski definition) is 3. The van der Waals surface area contributed by atoms with Gasteiger partial charge in [-0.25, -0.2) is 0 Å². The van der Waals surface area contributed by atoms with Crippen LogP contribution in [0.25, 0.3) is 11.4 Å². The van der Waals surface area contributed by atoms with E-state index < -0.39 is 0 Å². The van der Waals surface area contributed by atoms with E-state index >= 15 is 0 Å². The number of hydrogen-bond donors (Lipinski definition) is 0. The molecule has 5 aromatic rings. The van der Waals surface area contributed by atoms with Crippen LogP contribution in [0.15, 0.2) is 219 Å². The third-order valence-electron chi connectivity index (χ3n) is 12.5. The van der Waals surface area contributed by atoms with E-state index in [2.05, 4.69) is 184 Å². The number of nitrogens with zero attached hydrogens (tertiary/aromatic N) is 3. The van der Waals surface area contributed by atoms with Crippen molar-refractivity contribution in [1.29, 1.82) is 0 Å². The van der Waals surface area contributed by atoms with E-state index in [4.69, 9.17) is 11.8 Å². The fourth-order valence-corrected chi connectivity index (χ4v) is 9.10. The summed E-state index contributed by atoms with van der Waals surface area (Å²) in [5.74, 6) is 3.88. The van der Waals surface area contributed by atoms with Gasteiger partial charge in [-0.1, -0.05) is 209 Å². The molecule has 0 amide bonds. The van der Waals surface area contributed by atoms with E-state index in [0.29, 0.717) is 23.7 Å². The topological polar surface area (TPSA) is 39.9 Å². The fraction of sp³-hybridized carbons (Fsp3) is 0.338. The summed E-state index contributed by atoms with van der Waals surface area (Å²) in [5, 5.41) is 4.02. The summed E-state index contributed by atoms with van der Waals surface area (Å²) in [6, 6.07) is 40.4. The molecule has 7 rings (SSSR count). The first-order valence-corrected chi connectivity index (χ1v) is 27.4. The van der Waals surface area contributed by atoms with Crippen LogP contribution in [-0.4, -0.2) is 16.1 Å². The van der Waals surface area contributed by atoms with Crippen molar-refractivity contribution >= 4 is 25.2 Å². The Bertz CT molecular complexity index is 2270. The average molecular weight is 984 g/mol. The number of pyridine rings is 2. The van der Waals surface area contributed by atoms with Gasteiger partial charge in [0.15, 0.2) is 0 Å². The van der Waals surface area contributed by atoms with Crippen LogP contribution < -0.4 is 37.7 Å². The van der Waals surface area contributed by atoms with Gasteiger partial charge in [-0.2, -0.15) is 24.0 Å². The summed E-state index contributed by atoms with van der Waals surface area (Å²) in [6.07, 6.45) is 41.7. The minimum absolute atomic E-state index is 0. The van der Waals surface area contributed by atoms with Gasteiger partial charge in [0.05, 0.1) is 0 Å². The zero-order valence-electron chi connectivity index (χ0n) is 44.7. The molecule has 372 valence electrons. The molecule has 6 unspecified atom stereocenters. The number of rotatable bonds is 19. The van der Waals surface area contributed by atoms with Gasteiger partial charge in [-0.3, -0.25) is 9.97 Å². The molecule has 0 saturated carbocycles. The molecule has 72 heavy (non-hydrogen) atoms. The van der Waals surface area contributed by atoms with Gasteiger partial charge in [-0.05, 0) is 126 Å². The minimum Gasteiger partial charge on any atom is -0.670 e. The predicted octanol–water partition coefficient (Wildman–Crippen LogP) is 14.0. The van der Waals surface area contributed by atoms with Gasteiger partial charge < -0.3 is 5.32 Å². The van der Waals surface area contributed by atoms with Crippen LogP contribution in [0.4, 0.5) is 0 Å². The van der Waals surface area contributed by atoms with Crippen LogP contribution in [0.5, 0.6) is 0 Å². The summed E-state index contributed by atoms with van der Waals surface area (Å²) in [5.41, 5.74) is 9.39. The van der Waals surface area contributed by atoms with E-state index in [1.165, 1.54) is 71.1 Å². The summed E-state index contributed by atoms with van der Waals surface area (Å²) in [7, 11) is 1.02. The van der Waals surface area contributed by atoms with Crippen molar-refractivity contribution < 1.29 is 37.7 Å². The molecule has 0 spiro atoms. The second-order valence-electron chi connectivity index (χ2n) is 17.6. The van der Waals surface area contributed by atoms with Crippen molar-refractivity contribution in [3.05, 3.63) is 258 Å². The fourth-order valence-electron chi connectivity index (χ4n) is 8.02. The number of aromatic nitrogens is 2. The Morgan fingerprint density at radius 2 is 1.07 bits per heavy atom. The van der Waals surface area contributed by atoms with Crippen molar-refractivity contribution in [2.45, 2.75) is 125 Å². The van der Waals surface area contributed by atoms with Crippen LogP contribution in [0, 0.1) is 18.3 Å². The van der Waals surface area contributed by atoms with Crippen molar-refractivity contribution in [3.8, 4) is 0 Å². The Kier molecular flexibility index (Phi) is 40.3. The molecule has 0 radical (unpaired) electrons. The molecule has 0 N–H and O–H groups in total. The van der Waals surface area contributed by atoms with Crippen molar-refractivity contribution in [3.63, 3.8) is 0 Å². The maximum atomic E-state index is 5.09. The normalized spacial score (nSPS) is 14.6. The summed E-state index contributed by atoms with van der Waals surface area (Å²) >= 11 is 5.09. The van der Waals surface area contributed by atoms with Gasteiger partial charge >= 0.3 is 37.7 Å². The molecule has 3 heterocycles. The SMILES string of the molecule is C.C=Cc1ccccc1.CC.CCC(C)CC(CC(C)c1ccncc1)c1ccccc1.CCC(C)CC(CC=C1C=CC=C[CH-]1)c1ccccc1.S=PCC(CC=C1C=C[N-]C=C1)c1ccncc1.[Li+].[Li+]. The summed E-state index contributed by atoms with van der Waals surface area (Å²) < 4.78 is 0. The van der Waals surface area contributed by atoms with E-state index in [0.717, 1.165) is 38.2 Å². The molecule has 2 aromatic heterocycles. The molecule has 0 fully saturated rings. The Hall–Kier alpha value is -4.48. The van der Waals surface area contributed by atoms with E-state index in [9.17, 15) is 0 Å². The zero-order chi connectivity index (χ0) is 49.7. The van der Waals surface area contributed by atoms with Crippen LogP contribution in [0.1, 0.15) is 152 Å². The van der Waals surface area contributed by atoms with E-state index in [1.54, 1.807) is 0 Å². The van der Waals surface area contributed by atoms with Crippen LogP contribution in [0.2, 0.25) is 0 Å². The molecule has 3 nitrogen and oxygen atoms in total. The average Bonchev–Trinajstić information content (AvgIpc) is 3.43. The molecule has 3 aromatic carbocycles. The second-order valence-corrected chi connectivity index (χ2v) is 19.0. The smallest absolute Gasteiger partial charge is 0.670 e. The first kappa shape index (κ1) is 67.5. The van der Waals surface area contributed by atoms with Gasteiger partial charge in [0.25, 0.3) is 0 Å². The molecular weight excluding hydrogens is 900 g/mol. The van der Waals surface area contributed by atoms with Crippen molar-refractivity contribution in [1.82, 2.24) is 9.97 Å². The van der Waals surface area contributed by atoms with Crippen molar-refractivity contribution in [2.24, 2.45) is 11.8 Å². The van der Waals surface area contributed by atoms with Gasteiger partial charge in [0.2, 0.25) is 0 Å². The molecule has 0 saturated heterocycles. The number of benzene rings is 3. The quantitative estimate of drug-likeness (QED) is 0.0470. The van der Waals surface area contributed by atoms with Crippen LogP contribution >= 0.6 is 7.36 Å². The first-order chi connectivity index (χ1) is 33.8. The third kappa shape index (κ3) is 28.1. The molecule has 7 heteroatoms. The largest absolute Gasteiger partial charge is 1.00 e.